The van der Waals surface area contributed by atoms with Crippen LogP contribution in [-0.2, 0) is 10.0 Å². The second kappa shape index (κ2) is 7.86. The highest BCUT2D eigenvalue weighted by atomic mass is 32.2. The van der Waals surface area contributed by atoms with E-state index in [1.165, 1.54) is 6.26 Å². The fraction of sp³-hybridized carbons (Fsp3) is 1.00. The molecule has 0 saturated carbocycles. The molecule has 0 aromatic rings. The highest BCUT2D eigenvalue weighted by molar-refractivity contribution is 7.99. The summed E-state index contributed by atoms with van der Waals surface area (Å²) in [6.45, 7) is 5.75. The highest BCUT2D eigenvalue weighted by Crippen LogP contribution is 2.23. The quantitative estimate of drug-likeness (QED) is 0.778. The van der Waals surface area contributed by atoms with E-state index in [0.717, 1.165) is 30.8 Å². The Balaban J connectivity index is 2.32. The number of nitrogens with zero attached hydrogens (tertiary/aromatic N) is 1. The van der Waals surface area contributed by atoms with E-state index in [1.807, 2.05) is 11.8 Å². The Hall–Kier alpha value is 0.220. The molecule has 0 aromatic heterocycles. The van der Waals surface area contributed by atoms with Crippen molar-refractivity contribution in [2.24, 2.45) is 17.6 Å². The third-order valence-corrected chi connectivity index (χ3v) is 6.21. The summed E-state index contributed by atoms with van der Waals surface area (Å²) in [6, 6.07) is 0.188. The Kier molecular flexibility index (Phi) is 7.14. The molecule has 0 bridgehead atoms. The van der Waals surface area contributed by atoms with Crippen LogP contribution in [0.3, 0.4) is 0 Å². The lowest BCUT2D eigenvalue weighted by Crippen LogP contribution is -2.41. The van der Waals surface area contributed by atoms with Crippen LogP contribution >= 0.6 is 11.8 Å². The summed E-state index contributed by atoms with van der Waals surface area (Å²) in [5.74, 6) is 3.26. The van der Waals surface area contributed by atoms with Crippen LogP contribution in [0, 0.1) is 11.8 Å². The maximum Gasteiger partial charge on any atom is 0.211 e. The molecule has 114 valence electrons. The van der Waals surface area contributed by atoms with Crippen LogP contribution in [0.4, 0.5) is 0 Å². The molecule has 2 N–H and O–H groups in total. The Bertz CT molecular complexity index is 358. The number of nitrogens with two attached hydrogens (primary N) is 1. The van der Waals surface area contributed by atoms with Crippen molar-refractivity contribution in [3.63, 3.8) is 0 Å². The molecule has 1 heterocycles. The van der Waals surface area contributed by atoms with Gasteiger partial charge in [0.1, 0.15) is 0 Å². The van der Waals surface area contributed by atoms with Crippen molar-refractivity contribution < 1.29 is 8.42 Å². The fourth-order valence-corrected chi connectivity index (χ4v) is 4.46. The normalized spacial score (nSPS) is 23.7. The Morgan fingerprint density at radius 1 is 1.37 bits per heavy atom. The van der Waals surface area contributed by atoms with Gasteiger partial charge in [0.2, 0.25) is 10.0 Å². The third-order valence-electron chi connectivity index (χ3n) is 3.37. The van der Waals surface area contributed by atoms with E-state index in [0.29, 0.717) is 24.9 Å². The summed E-state index contributed by atoms with van der Waals surface area (Å²) >= 11 is 1.91. The summed E-state index contributed by atoms with van der Waals surface area (Å²) < 4.78 is 24.7. The third kappa shape index (κ3) is 6.97. The molecule has 2 atom stereocenters. The predicted octanol–water partition coefficient (Wildman–Crippen LogP) is 1.76. The number of sulfonamides is 1. The number of hydrogen-bond acceptors (Lipinski definition) is 4. The maximum atomic E-state index is 11.6. The average molecular weight is 309 g/mol. The first-order valence-corrected chi connectivity index (χ1v) is 10.1. The molecule has 0 spiro atoms. The lowest BCUT2D eigenvalue weighted by molar-refractivity contribution is 0.250. The first kappa shape index (κ1) is 17.3. The predicted molar refractivity (Wildman–Crippen MR) is 83.9 cm³/mol. The molecule has 2 unspecified atom stereocenters. The fourth-order valence-electron chi connectivity index (χ4n) is 2.47. The van der Waals surface area contributed by atoms with Crippen molar-refractivity contribution in [1.82, 2.24) is 4.31 Å². The van der Waals surface area contributed by atoms with Gasteiger partial charge >= 0.3 is 0 Å². The summed E-state index contributed by atoms with van der Waals surface area (Å²) in [5.41, 5.74) is 6.16. The molecule has 0 aromatic carbocycles. The smallest absolute Gasteiger partial charge is 0.211 e. The van der Waals surface area contributed by atoms with Gasteiger partial charge in [-0.2, -0.15) is 11.8 Å². The molecule has 0 amide bonds. The van der Waals surface area contributed by atoms with E-state index >= 15 is 0 Å². The first-order chi connectivity index (χ1) is 8.79. The van der Waals surface area contributed by atoms with Crippen molar-refractivity contribution >= 4 is 21.8 Å². The van der Waals surface area contributed by atoms with E-state index in [-0.39, 0.29) is 6.04 Å². The molecule has 1 fully saturated rings. The lowest BCUT2D eigenvalue weighted by atomic mass is 9.93. The Labute approximate surface area is 122 Å². The van der Waals surface area contributed by atoms with Crippen molar-refractivity contribution in [2.45, 2.75) is 39.2 Å². The molecule has 0 aliphatic carbocycles. The van der Waals surface area contributed by atoms with E-state index in [1.54, 1.807) is 4.31 Å². The van der Waals surface area contributed by atoms with Crippen LogP contribution in [0.25, 0.3) is 0 Å². The lowest BCUT2D eigenvalue weighted by Gasteiger charge is -2.32. The number of piperidine rings is 1. The minimum atomic E-state index is -3.04. The average Bonchev–Trinajstić information content (AvgIpc) is 2.27. The van der Waals surface area contributed by atoms with Gasteiger partial charge < -0.3 is 5.73 Å². The molecule has 1 saturated heterocycles. The minimum Gasteiger partial charge on any atom is -0.327 e. The standard InChI is InChI=1S/C13H28N2O2S2/c1-11(2)9-18-10-13(14)7-12-5-4-6-15(8-12)19(3,16)17/h11-13H,4-10,14H2,1-3H3. The van der Waals surface area contributed by atoms with Gasteiger partial charge in [0.05, 0.1) is 6.26 Å². The van der Waals surface area contributed by atoms with Crippen LogP contribution < -0.4 is 5.73 Å². The minimum absolute atomic E-state index is 0.188. The van der Waals surface area contributed by atoms with Gasteiger partial charge in [-0.3, -0.25) is 0 Å². The molecule has 1 aliphatic heterocycles. The van der Waals surface area contributed by atoms with Gasteiger partial charge in [-0.05, 0) is 36.9 Å². The molecule has 6 heteroatoms. The van der Waals surface area contributed by atoms with E-state index < -0.39 is 10.0 Å². The van der Waals surface area contributed by atoms with Crippen molar-refractivity contribution in [3.05, 3.63) is 0 Å². The van der Waals surface area contributed by atoms with Crippen LogP contribution in [-0.4, -0.2) is 49.6 Å². The highest BCUT2D eigenvalue weighted by Gasteiger charge is 2.26. The summed E-state index contributed by atoms with van der Waals surface area (Å²) in [5, 5.41) is 0. The molecule has 4 nitrogen and oxygen atoms in total. The van der Waals surface area contributed by atoms with Crippen molar-refractivity contribution in [1.29, 1.82) is 0 Å². The molecular weight excluding hydrogens is 280 g/mol. The van der Waals surface area contributed by atoms with Gasteiger partial charge in [0.15, 0.2) is 0 Å². The van der Waals surface area contributed by atoms with E-state index in [2.05, 4.69) is 13.8 Å². The van der Waals surface area contributed by atoms with Gasteiger partial charge in [-0.1, -0.05) is 13.8 Å². The molecule has 1 aliphatic rings. The van der Waals surface area contributed by atoms with Gasteiger partial charge in [0.25, 0.3) is 0 Å². The molecule has 0 radical (unpaired) electrons. The molecule has 1 rings (SSSR count). The Morgan fingerprint density at radius 2 is 2.05 bits per heavy atom. The van der Waals surface area contributed by atoms with Crippen LogP contribution in [0.5, 0.6) is 0 Å². The monoisotopic (exact) mass is 308 g/mol. The topological polar surface area (TPSA) is 63.4 Å². The Morgan fingerprint density at radius 3 is 2.63 bits per heavy atom. The van der Waals surface area contributed by atoms with Gasteiger partial charge in [-0.15, -0.1) is 0 Å². The largest absolute Gasteiger partial charge is 0.327 e. The first-order valence-electron chi connectivity index (χ1n) is 7.07. The number of rotatable bonds is 7. The SMILES string of the molecule is CC(C)CSCC(N)CC1CCCN(S(C)(=O)=O)C1. The second-order valence-electron chi connectivity index (χ2n) is 6.06. The van der Waals surface area contributed by atoms with Crippen molar-refractivity contribution in [3.8, 4) is 0 Å². The van der Waals surface area contributed by atoms with Crippen LogP contribution in [0.1, 0.15) is 33.1 Å². The summed E-state index contributed by atoms with van der Waals surface area (Å²) in [4.78, 5) is 0. The van der Waals surface area contributed by atoms with Gasteiger partial charge in [-0.25, -0.2) is 12.7 Å². The zero-order valence-corrected chi connectivity index (χ0v) is 14.0. The van der Waals surface area contributed by atoms with E-state index in [4.69, 9.17) is 5.73 Å². The second-order valence-corrected chi connectivity index (χ2v) is 9.11. The maximum absolute atomic E-state index is 11.6. The molecular formula is C13H28N2O2S2. The summed E-state index contributed by atoms with van der Waals surface area (Å²) in [6.07, 6.45) is 4.31. The van der Waals surface area contributed by atoms with Crippen molar-refractivity contribution in [2.75, 3.05) is 30.9 Å². The van der Waals surface area contributed by atoms with E-state index in [9.17, 15) is 8.42 Å². The zero-order valence-electron chi connectivity index (χ0n) is 12.3. The summed E-state index contributed by atoms with van der Waals surface area (Å²) in [7, 11) is -3.04. The zero-order chi connectivity index (χ0) is 14.5. The van der Waals surface area contributed by atoms with Gasteiger partial charge in [0, 0.05) is 24.9 Å². The number of hydrogen-bond donors (Lipinski definition) is 1. The van der Waals surface area contributed by atoms with Crippen LogP contribution in [0.2, 0.25) is 0 Å². The molecule has 19 heavy (non-hydrogen) atoms. The number of thioether (sulfide) groups is 1. The van der Waals surface area contributed by atoms with Crippen LogP contribution in [0.15, 0.2) is 0 Å².